The van der Waals surface area contributed by atoms with Crippen LogP contribution in [0.3, 0.4) is 0 Å². The molecule has 1 aliphatic rings. The van der Waals surface area contributed by atoms with Gasteiger partial charge in [-0.2, -0.15) is 23.5 Å². The lowest BCUT2D eigenvalue weighted by Gasteiger charge is -2.14. The minimum Gasteiger partial charge on any atom is -0.282 e. The molecule has 3 aromatic rings. The highest BCUT2D eigenvalue weighted by Gasteiger charge is 2.33. The van der Waals surface area contributed by atoms with Crippen molar-refractivity contribution >= 4 is 39.9 Å². The smallest absolute Gasteiger partial charge is 0.282 e. The Morgan fingerprint density at radius 3 is 2.67 bits per heavy atom. The highest BCUT2D eigenvalue weighted by atomic mass is 32.2. The van der Waals surface area contributed by atoms with E-state index in [0.717, 1.165) is 17.8 Å². The third-order valence-electron chi connectivity index (χ3n) is 4.47. The summed E-state index contributed by atoms with van der Waals surface area (Å²) in [4.78, 5) is 23.2. The second-order valence-corrected chi connectivity index (χ2v) is 7.47. The number of thioether (sulfide) groups is 1. The van der Waals surface area contributed by atoms with Gasteiger partial charge >= 0.3 is 6.18 Å². The van der Waals surface area contributed by atoms with Crippen molar-refractivity contribution < 1.29 is 22.8 Å². The van der Waals surface area contributed by atoms with Crippen LogP contribution >= 0.6 is 11.8 Å². The van der Waals surface area contributed by atoms with Crippen LogP contribution in [0.1, 0.15) is 22.3 Å². The molecule has 1 saturated heterocycles. The van der Waals surface area contributed by atoms with Gasteiger partial charge in [0.25, 0.3) is 11.1 Å². The van der Waals surface area contributed by atoms with Gasteiger partial charge in [0.2, 0.25) is 0 Å². The number of fused-ring (bicyclic) bond motifs is 1. The molecule has 2 heterocycles. The van der Waals surface area contributed by atoms with Gasteiger partial charge < -0.3 is 0 Å². The van der Waals surface area contributed by atoms with Crippen molar-refractivity contribution in [1.29, 1.82) is 5.26 Å². The Hall–Kier alpha value is -3.58. The van der Waals surface area contributed by atoms with Crippen LogP contribution < -0.4 is 5.32 Å². The van der Waals surface area contributed by atoms with Gasteiger partial charge in [0, 0.05) is 5.39 Å². The highest BCUT2D eigenvalue weighted by Crippen LogP contribution is 2.33. The number of nitriles is 1. The summed E-state index contributed by atoms with van der Waals surface area (Å²) in [6.45, 7) is -0.128. The second kappa shape index (κ2) is 7.35. The number of aromatic nitrogens is 2. The number of carbonyl (C=O) groups is 2. The molecule has 0 bridgehead atoms. The Bertz CT molecular complexity index is 1270. The molecule has 1 N–H and O–H groups in total. The summed E-state index contributed by atoms with van der Waals surface area (Å²) in [5, 5.41) is 15.5. The summed E-state index contributed by atoms with van der Waals surface area (Å²) in [5.74, 6) is -0.471. The number of imide groups is 1. The molecule has 0 saturated carbocycles. The first-order chi connectivity index (χ1) is 14.2. The first-order valence-electron chi connectivity index (χ1n) is 8.55. The zero-order chi connectivity index (χ0) is 21.5. The van der Waals surface area contributed by atoms with Crippen molar-refractivity contribution in [1.82, 2.24) is 15.1 Å². The summed E-state index contributed by atoms with van der Waals surface area (Å²) in [7, 11) is 0. The Labute approximate surface area is 172 Å². The molecule has 6 nitrogen and oxygen atoms in total. The number of rotatable bonds is 3. The number of halogens is 3. The number of benzene rings is 2. The summed E-state index contributed by atoms with van der Waals surface area (Å²) in [6.07, 6.45) is -1.52. The third kappa shape index (κ3) is 3.79. The molecule has 0 spiro atoms. The molecule has 150 valence electrons. The number of amides is 2. The van der Waals surface area contributed by atoms with Crippen molar-refractivity contribution in [2.45, 2.75) is 12.7 Å². The van der Waals surface area contributed by atoms with Gasteiger partial charge in [0.05, 0.1) is 40.4 Å². The van der Waals surface area contributed by atoms with Gasteiger partial charge in [-0.1, -0.05) is 12.1 Å². The molecular weight excluding hydrogens is 417 g/mol. The van der Waals surface area contributed by atoms with E-state index in [9.17, 15) is 22.8 Å². The molecule has 2 aromatic carbocycles. The van der Waals surface area contributed by atoms with Gasteiger partial charge in [0.1, 0.15) is 0 Å². The highest BCUT2D eigenvalue weighted by molar-refractivity contribution is 8.18. The Morgan fingerprint density at radius 2 is 2.00 bits per heavy atom. The monoisotopic (exact) mass is 428 g/mol. The molecule has 2 amide bonds. The van der Waals surface area contributed by atoms with Crippen LogP contribution in [0.2, 0.25) is 0 Å². The molecule has 0 radical (unpaired) electrons. The predicted octanol–water partition coefficient (Wildman–Crippen LogP) is 4.30. The van der Waals surface area contributed by atoms with Crippen molar-refractivity contribution in [3.63, 3.8) is 0 Å². The molecule has 0 aliphatic carbocycles. The fourth-order valence-corrected chi connectivity index (χ4v) is 3.79. The van der Waals surface area contributed by atoms with Crippen LogP contribution in [0.15, 0.2) is 47.5 Å². The standard InChI is InChI=1S/C20H11F3N4O2S/c21-20(22,23)15-6-12(8-24)1-3-13(15)10-27-16-4-2-11(5-14(16)9-25-27)7-17-18(28)26-19(29)30-17/h1-7,9H,10H2,(H,26,28,29). The van der Waals surface area contributed by atoms with Crippen LogP contribution in [-0.2, 0) is 17.5 Å². The predicted molar refractivity (Wildman–Crippen MR) is 104 cm³/mol. The Morgan fingerprint density at radius 1 is 1.20 bits per heavy atom. The van der Waals surface area contributed by atoms with E-state index in [1.165, 1.54) is 23.0 Å². The Balaban J connectivity index is 1.68. The number of nitrogens with zero attached hydrogens (tertiary/aromatic N) is 3. The van der Waals surface area contributed by atoms with Gasteiger partial charge in [-0.05, 0) is 53.2 Å². The van der Waals surface area contributed by atoms with E-state index >= 15 is 0 Å². The van der Waals surface area contributed by atoms with Gasteiger partial charge in [-0.25, -0.2) is 0 Å². The third-order valence-corrected chi connectivity index (χ3v) is 5.28. The van der Waals surface area contributed by atoms with Crippen molar-refractivity contribution in [2.75, 3.05) is 0 Å². The number of hydrogen-bond acceptors (Lipinski definition) is 5. The molecule has 1 aliphatic heterocycles. The maximum Gasteiger partial charge on any atom is 0.416 e. The fourth-order valence-electron chi connectivity index (χ4n) is 3.10. The quantitative estimate of drug-likeness (QED) is 0.629. The first-order valence-corrected chi connectivity index (χ1v) is 9.37. The van der Waals surface area contributed by atoms with Crippen LogP contribution in [0.5, 0.6) is 0 Å². The summed E-state index contributed by atoms with van der Waals surface area (Å²) in [6, 6.07) is 10.3. The molecule has 4 rings (SSSR count). The SMILES string of the molecule is N#Cc1ccc(Cn2ncc3cc(C=C4SC(=O)NC4=O)ccc32)c(C(F)(F)F)c1. The van der Waals surface area contributed by atoms with E-state index in [-0.39, 0.29) is 22.6 Å². The minimum atomic E-state index is -4.60. The van der Waals surface area contributed by atoms with Crippen molar-refractivity contribution in [3.8, 4) is 6.07 Å². The van der Waals surface area contributed by atoms with Crippen LogP contribution in [0.4, 0.5) is 18.0 Å². The number of hydrogen-bond donors (Lipinski definition) is 1. The van der Waals surface area contributed by atoms with Crippen LogP contribution in [-0.4, -0.2) is 20.9 Å². The zero-order valence-corrected chi connectivity index (χ0v) is 15.8. The molecule has 0 atom stereocenters. The van der Waals surface area contributed by atoms with Gasteiger partial charge in [-0.15, -0.1) is 0 Å². The molecule has 0 unspecified atom stereocenters. The number of alkyl halides is 3. The van der Waals surface area contributed by atoms with E-state index in [1.54, 1.807) is 30.3 Å². The molecule has 1 fully saturated rings. The molecule has 30 heavy (non-hydrogen) atoms. The summed E-state index contributed by atoms with van der Waals surface area (Å²) in [5.41, 5.74) is 0.315. The summed E-state index contributed by atoms with van der Waals surface area (Å²) >= 11 is 0.799. The molecular formula is C20H11F3N4O2S. The average Bonchev–Trinajstić information content (AvgIpc) is 3.23. The maximum atomic E-state index is 13.4. The average molecular weight is 428 g/mol. The number of nitrogens with one attached hydrogen (secondary N) is 1. The second-order valence-electron chi connectivity index (χ2n) is 6.45. The Kier molecular flexibility index (Phi) is 4.83. The lowest BCUT2D eigenvalue weighted by atomic mass is 10.0. The molecule has 10 heteroatoms. The number of carbonyl (C=O) groups excluding carboxylic acids is 2. The van der Waals surface area contributed by atoms with Gasteiger partial charge in [0.15, 0.2) is 0 Å². The van der Waals surface area contributed by atoms with Crippen molar-refractivity contribution in [3.05, 3.63) is 69.8 Å². The fraction of sp³-hybridized carbons (Fsp3) is 0.100. The van der Waals surface area contributed by atoms with Crippen molar-refractivity contribution in [2.24, 2.45) is 0 Å². The van der Waals surface area contributed by atoms with E-state index in [4.69, 9.17) is 5.26 Å². The van der Waals surface area contributed by atoms with E-state index in [2.05, 4.69) is 10.4 Å². The maximum absolute atomic E-state index is 13.4. The van der Waals surface area contributed by atoms with Crippen LogP contribution in [0, 0.1) is 11.3 Å². The summed E-state index contributed by atoms with van der Waals surface area (Å²) < 4.78 is 41.7. The van der Waals surface area contributed by atoms with E-state index in [1.807, 2.05) is 0 Å². The topological polar surface area (TPSA) is 87.8 Å². The largest absolute Gasteiger partial charge is 0.416 e. The first kappa shape index (κ1) is 19.7. The lowest BCUT2D eigenvalue weighted by Crippen LogP contribution is -2.17. The van der Waals surface area contributed by atoms with Gasteiger partial charge in [-0.3, -0.25) is 19.6 Å². The van der Waals surface area contributed by atoms with Crippen LogP contribution in [0.25, 0.3) is 17.0 Å². The van der Waals surface area contributed by atoms with E-state index < -0.39 is 22.9 Å². The minimum absolute atomic E-state index is 0.00441. The molecule has 1 aromatic heterocycles. The normalized spacial score (nSPS) is 15.6. The zero-order valence-electron chi connectivity index (χ0n) is 15.0. The lowest BCUT2D eigenvalue weighted by molar-refractivity contribution is -0.138. The van der Waals surface area contributed by atoms with E-state index in [0.29, 0.717) is 16.5 Å².